The molecule has 190 valence electrons. The summed E-state index contributed by atoms with van der Waals surface area (Å²) in [5, 5.41) is 24.4. The molecule has 2 rings (SSSR count). The Hall–Kier alpha value is -2.29. The predicted octanol–water partition coefficient (Wildman–Crippen LogP) is -0.0001000. The summed E-state index contributed by atoms with van der Waals surface area (Å²) < 4.78 is 5.40. The first kappa shape index (κ1) is 28.0. The molecule has 0 aromatic heterocycles. The van der Waals surface area contributed by atoms with Gasteiger partial charge in [-0.1, -0.05) is 11.8 Å². The number of nitrogens with zero attached hydrogens (tertiary/aromatic N) is 2. The second-order valence-corrected chi connectivity index (χ2v) is 9.55. The molecule has 34 heavy (non-hydrogen) atoms. The van der Waals surface area contributed by atoms with Gasteiger partial charge in [-0.15, -0.1) is 11.8 Å². The monoisotopic (exact) mass is 517 g/mol. The van der Waals surface area contributed by atoms with E-state index in [1.54, 1.807) is 0 Å². The largest absolute Gasteiger partial charge is 0.480 e. The van der Waals surface area contributed by atoms with Gasteiger partial charge in [-0.3, -0.25) is 24.3 Å². The minimum absolute atomic E-state index is 0.0513. The van der Waals surface area contributed by atoms with Crippen molar-refractivity contribution in [3.05, 3.63) is 11.3 Å². The van der Waals surface area contributed by atoms with Crippen molar-refractivity contribution in [1.82, 2.24) is 15.5 Å². The summed E-state index contributed by atoms with van der Waals surface area (Å²) >= 11 is 2.67. The van der Waals surface area contributed by atoms with Crippen LogP contribution in [0.15, 0.2) is 16.3 Å². The van der Waals surface area contributed by atoms with Gasteiger partial charge in [-0.05, 0) is 32.3 Å². The molecule has 1 unspecified atom stereocenters. The first-order valence-electron chi connectivity index (χ1n) is 10.8. The average molecular weight is 518 g/mol. The van der Waals surface area contributed by atoms with E-state index in [2.05, 4.69) is 15.6 Å². The number of nitrogens with one attached hydrogen (secondary N) is 2. The molecule has 0 aromatic carbocycles. The third kappa shape index (κ3) is 6.03. The van der Waals surface area contributed by atoms with Crippen molar-refractivity contribution in [2.24, 2.45) is 10.7 Å². The van der Waals surface area contributed by atoms with Crippen LogP contribution in [0.25, 0.3) is 0 Å². The summed E-state index contributed by atoms with van der Waals surface area (Å²) in [6, 6.07) is -1.08. The van der Waals surface area contributed by atoms with Crippen LogP contribution < -0.4 is 16.4 Å². The molecule has 2 aliphatic rings. The van der Waals surface area contributed by atoms with E-state index in [9.17, 15) is 24.3 Å². The average Bonchev–Trinajstić information content (AvgIpc) is 2.80. The van der Waals surface area contributed by atoms with Crippen molar-refractivity contribution in [3.63, 3.8) is 0 Å². The highest BCUT2D eigenvalue weighted by molar-refractivity contribution is 8.14. The molecule has 1 saturated heterocycles. The molecule has 1 fully saturated rings. The van der Waals surface area contributed by atoms with Crippen molar-refractivity contribution < 1.29 is 34.1 Å². The highest BCUT2D eigenvalue weighted by atomic mass is 32.2. The molecule has 0 saturated carbocycles. The molecule has 3 atom stereocenters. The number of aliphatic carboxylic acids is 2. The number of β-lactam (4-membered cyclic amide) rings is 1. The van der Waals surface area contributed by atoms with E-state index in [1.807, 2.05) is 13.8 Å². The maximum absolute atomic E-state index is 13.1. The molecular formula is C20H31N5O7S2. The van der Waals surface area contributed by atoms with Gasteiger partial charge >= 0.3 is 11.9 Å². The maximum Gasteiger partial charge on any atom is 0.352 e. The molecule has 0 bridgehead atoms. The molecule has 2 amide bonds. The lowest BCUT2D eigenvalue weighted by Gasteiger charge is -2.55. The van der Waals surface area contributed by atoms with Gasteiger partial charge < -0.3 is 31.3 Å². The number of methoxy groups -OCH3 is 1. The van der Waals surface area contributed by atoms with Gasteiger partial charge in [0, 0.05) is 38.1 Å². The molecule has 14 heteroatoms. The second kappa shape index (κ2) is 12.4. The van der Waals surface area contributed by atoms with Gasteiger partial charge in [0.1, 0.15) is 17.1 Å². The minimum atomic E-state index is -1.69. The number of ether oxygens (including phenoxy) is 1. The Bertz CT molecular complexity index is 881. The second-order valence-electron chi connectivity index (χ2n) is 7.52. The lowest BCUT2D eigenvalue weighted by atomic mass is 9.98. The van der Waals surface area contributed by atoms with Crippen LogP contribution in [0.2, 0.25) is 0 Å². The standard InChI is InChI=1S/C20H31N5O7S2/c1-4-22-19(23-5-2)34-10-11-9-33-18-20(32-3,17(31)25(18)14(11)16(29)30)24-13(26)8-6-7-12(21)15(27)28/h12,18H,4-10,21H2,1-3H3,(H,22,23)(H,24,26)(H,27,28)(H,29,30)/t12?,18-,20-/m0/s1. The minimum Gasteiger partial charge on any atom is -0.480 e. The van der Waals surface area contributed by atoms with Gasteiger partial charge in [-0.25, -0.2) is 4.79 Å². The number of hydrogen-bond acceptors (Lipinski definition) is 9. The smallest absolute Gasteiger partial charge is 0.352 e. The summed E-state index contributed by atoms with van der Waals surface area (Å²) in [5.74, 6) is -2.89. The van der Waals surface area contributed by atoms with Crippen LogP contribution in [0.3, 0.4) is 0 Å². The number of carboxylic acids is 2. The molecule has 2 aliphatic heterocycles. The number of hydrogen-bond donors (Lipinski definition) is 5. The zero-order valence-corrected chi connectivity index (χ0v) is 21.0. The lowest BCUT2D eigenvalue weighted by Crippen LogP contribution is -2.80. The molecule has 0 aromatic rings. The number of nitrogens with two attached hydrogens (primary N) is 1. The molecular weight excluding hydrogens is 486 g/mol. The van der Waals surface area contributed by atoms with Crippen LogP contribution in [0, 0.1) is 0 Å². The molecule has 0 spiro atoms. The maximum atomic E-state index is 13.1. The van der Waals surface area contributed by atoms with Crippen LogP contribution in [0.1, 0.15) is 33.1 Å². The van der Waals surface area contributed by atoms with E-state index in [0.717, 1.165) is 4.90 Å². The third-order valence-electron chi connectivity index (χ3n) is 5.21. The number of fused-ring (bicyclic) bond motifs is 1. The Balaban J connectivity index is 2.13. The van der Waals surface area contributed by atoms with Gasteiger partial charge in [-0.2, -0.15) is 0 Å². The normalized spacial score (nSPS) is 23.2. The van der Waals surface area contributed by atoms with Crippen LogP contribution in [-0.4, -0.2) is 92.9 Å². The quantitative estimate of drug-likeness (QED) is 0.102. The van der Waals surface area contributed by atoms with Crippen molar-refractivity contribution in [1.29, 1.82) is 0 Å². The molecule has 0 radical (unpaired) electrons. The Labute approximate surface area is 206 Å². The Kier molecular flexibility index (Phi) is 10.2. The predicted molar refractivity (Wildman–Crippen MR) is 129 cm³/mol. The molecule has 2 heterocycles. The van der Waals surface area contributed by atoms with E-state index in [1.165, 1.54) is 30.6 Å². The van der Waals surface area contributed by atoms with Crippen molar-refractivity contribution in [2.75, 3.05) is 31.7 Å². The van der Waals surface area contributed by atoms with Gasteiger partial charge in [0.2, 0.25) is 5.91 Å². The highest BCUT2D eigenvalue weighted by Gasteiger charge is 2.66. The van der Waals surface area contributed by atoms with E-state index >= 15 is 0 Å². The van der Waals surface area contributed by atoms with Crippen molar-refractivity contribution in [2.45, 2.75) is 50.3 Å². The summed E-state index contributed by atoms with van der Waals surface area (Å²) in [7, 11) is 1.27. The summed E-state index contributed by atoms with van der Waals surface area (Å²) in [6.45, 7) is 5.10. The summed E-state index contributed by atoms with van der Waals surface area (Å²) in [4.78, 5) is 53.9. The zero-order chi connectivity index (χ0) is 25.5. The number of aliphatic imine (C=N–C) groups is 1. The van der Waals surface area contributed by atoms with E-state index in [-0.39, 0.29) is 25.0 Å². The SMILES string of the molecule is CCN=C(NCC)SCC1=C(C(=O)O)N2C(=O)[C@](NC(=O)CCCC(N)C(=O)O)(OC)[C@@H]2SC1. The van der Waals surface area contributed by atoms with Crippen molar-refractivity contribution in [3.8, 4) is 0 Å². The molecule has 12 nitrogen and oxygen atoms in total. The molecule has 6 N–H and O–H groups in total. The summed E-state index contributed by atoms with van der Waals surface area (Å²) in [5.41, 5.74) is 4.22. The number of amides is 2. The summed E-state index contributed by atoms with van der Waals surface area (Å²) in [6.07, 6.45) is 0.262. The fraction of sp³-hybridized carbons (Fsp3) is 0.650. The Morgan fingerprint density at radius 1 is 1.38 bits per heavy atom. The van der Waals surface area contributed by atoms with Crippen molar-refractivity contribution >= 4 is 52.4 Å². The van der Waals surface area contributed by atoms with Crippen LogP contribution in [0.5, 0.6) is 0 Å². The number of amidine groups is 1. The van der Waals surface area contributed by atoms with E-state index in [0.29, 0.717) is 35.3 Å². The number of rotatable bonds is 12. The topological polar surface area (TPSA) is 184 Å². The highest BCUT2D eigenvalue weighted by Crippen LogP contribution is 2.47. The number of thioether (sulfide) groups is 2. The van der Waals surface area contributed by atoms with Crippen LogP contribution in [0.4, 0.5) is 0 Å². The third-order valence-corrected chi connectivity index (χ3v) is 7.62. The number of carboxylic acid groups (broad SMARTS) is 2. The van der Waals surface area contributed by atoms with Crippen LogP contribution >= 0.6 is 23.5 Å². The fourth-order valence-corrected chi connectivity index (χ4v) is 6.12. The first-order valence-corrected chi connectivity index (χ1v) is 12.8. The van der Waals surface area contributed by atoms with Gasteiger partial charge in [0.05, 0.1) is 0 Å². The van der Waals surface area contributed by atoms with Gasteiger partial charge in [0.15, 0.2) is 5.17 Å². The van der Waals surface area contributed by atoms with E-state index < -0.39 is 40.9 Å². The van der Waals surface area contributed by atoms with E-state index in [4.69, 9.17) is 15.6 Å². The number of carbonyl (C=O) groups is 4. The Morgan fingerprint density at radius 3 is 2.65 bits per heavy atom. The fourth-order valence-electron chi connectivity index (χ4n) is 3.53. The van der Waals surface area contributed by atoms with Gasteiger partial charge in [0.25, 0.3) is 11.6 Å². The molecule has 0 aliphatic carbocycles. The lowest BCUT2D eigenvalue weighted by molar-refractivity contribution is -0.192. The van der Waals surface area contributed by atoms with Crippen LogP contribution in [-0.2, 0) is 23.9 Å². The zero-order valence-electron chi connectivity index (χ0n) is 19.3. The Morgan fingerprint density at radius 2 is 2.09 bits per heavy atom. The number of carbonyl (C=O) groups excluding carboxylic acids is 2. The first-order chi connectivity index (χ1) is 16.1.